The van der Waals surface area contributed by atoms with Gasteiger partial charge in [-0.3, -0.25) is 4.79 Å². The lowest BCUT2D eigenvalue weighted by Gasteiger charge is -2.10. The van der Waals surface area contributed by atoms with Crippen LogP contribution in [0.4, 0.5) is 0 Å². The number of aliphatic hydroxyl groups is 2. The van der Waals surface area contributed by atoms with Crippen LogP contribution >= 0.6 is 0 Å². The molecular formula is C14H28O4. The van der Waals surface area contributed by atoms with Gasteiger partial charge in [0.15, 0.2) is 0 Å². The monoisotopic (exact) mass is 260 g/mol. The fraction of sp³-hybridized carbons (Fsp3) is 0.929. The van der Waals surface area contributed by atoms with Crippen LogP contribution in [0, 0.1) is 0 Å². The molecule has 18 heavy (non-hydrogen) atoms. The molecule has 2 N–H and O–H groups in total. The zero-order valence-corrected chi connectivity index (χ0v) is 11.6. The highest BCUT2D eigenvalue weighted by molar-refractivity contribution is 5.69. The van der Waals surface area contributed by atoms with Crippen LogP contribution in [-0.2, 0) is 9.53 Å². The van der Waals surface area contributed by atoms with E-state index in [-0.39, 0.29) is 25.6 Å². The Morgan fingerprint density at radius 3 is 2.44 bits per heavy atom. The van der Waals surface area contributed by atoms with Crippen LogP contribution in [0.5, 0.6) is 0 Å². The number of esters is 1. The maximum Gasteiger partial charge on any atom is 0.308 e. The van der Waals surface area contributed by atoms with Crippen molar-refractivity contribution in [2.24, 2.45) is 0 Å². The molecule has 1 atom stereocenters. The van der Waals surface area contributed by atoms with Crippen molar-refractivity contribution < 1.29 is 19.7 Å². The summed E-state index contributed by atoms with van der Waals surface area (Å²) in [4.78, 5) is 11.2. The molecule has 0 saturated carbocycles. The SMILES string of the molecule is CCCCCCCCC(O)CC(=O)OCCCO. The van der Waals surface area contributed by atoms with E-state index >= 15 is 0 Å². The van der Waals surface area contributed by atoms with Crippen molar-refractivity contribution in [1.82, 2.24) is 0 Å². The molecule has 0 aliphatic heterocycles. The Morgan fingerprint density at radius 2 is 1.78 bits per heavy atom. The van der Waals surface area contributed by atoms with Gasteiger partial charge < -0.3 is 14.9 Å². The number of aliphatic hydroxyl groups excluding tert-OH is 2. The topological polar surface area (TPSA) is 66.8 Å². The maximum absolute atomic E-state index is 11.2. The molecule has 0 aliphatic carbocycles. The van der Waals surface area contributed by atoms with Gasteiger partial charge in [0.2, 0.25) is 0 Å². The van der Waals surface area contributed by atoms with E-state index in [2.05, 4.69) is 6.92 Å². The number of rotatable bonds is 12. The summed E-state index contributed by atoms with van der Waals surface area (Å²) in [6.07, 6.45) is 7.68. The second kappa shape index (κ2) is 12.8. The van der Waals surface area contributed by atoms with E-state index in [1.165, 1.54) is 25.7 Å². The third kappa shape index (κ3) is 11.9. The summed E-state index contributed by atoms with van der Waals surface area (Å²) in [6, 6.07) is 0. The number of ether oxygens (including phenoxy) is 1. The van der Waals surface area contributed by atoms with Crippen molar-refractivity contribution in [2.75, 3.05) is 13.2 Å². The van der Waals surface area contributed by atoms with Gasteiger partial charge in [0, 0.05) is 13.0 Å². The first-order valence-corrected chi connectivity index (χ1v) is 7.15. The molecule has 4 heteroatoms. The number of carbonyl (C=O) groups excluding carboxylic acids is 1. The highest BCUT2D eigenvalue weighted by atomic mass is 16.5. The molecule has 0 saturated heterocycles. The molecule has 1 unspecified atom stereocenters. The van der Waals surface area contributed by atoms with E-state index in [1.807, 2.05) is 0 Å². The molecule has 0 heterocycles. The summed E-state index contributed by atoms with van der Waals surface area (Å²) >= 11 is 0. The van der Waals surface area contributed by atoms with Gasteiger partial charge in [-0.25, -0.2) is 0 Å². The van der Waals surface area contributed by atoms with E-state index in [0.717, 1.165) is 12.8 Å². The van der Waals surface area contributed by atoms with E-state index in [1.54, 1.807) is 0 Å². The predicted octanol–water partition coefficient (Wildman–Crippen LogP) is 2.41. The number of unbranched alkanes of at least 4 members (excludes halogenated alkanes) is 5. The normalized spacial score (nSPS) is 12.4. The van der Waals surface area contributed by atoms with Crippen molar-refractivity contribution in [3.05, 3.63) is 0 Å². The Morgan fingerprint density at radius 1 is 1.11 bits per heavy atom. The lowest BCUT2D eigenvalue weighted by atomic mass is 10.1. The molecule has 0 aromatic rings. The first-order valence-electron chi connectivity index (χ1n) is 7.15. The van der Waals surface area contributed by atoms with Crippen LogP contribution in [0.15, 0.2) is 0 Å². The fourth-order valence-corrected chi connectivity index (χ4v) is 1.76. The van der Waals surface area contributed by atoms with Crippen LogP contribution in [0.3, 0.4) is 0 Å². The van der Waals surface area contributed by atoms with Crippen molar-refractivity contribution >= 4 is 5.97 Å². The van der Waals surface area contributed by atoms with E-state index in [0.29, 0.717) is 12.8 Å². The maximum atomic E-state index is 11.2. The van der Waals surface area contributed by atoms with Crippen LogP contribution in [0.25, 0.3) is 0 Å². The van der Waals surface area contributed by atoms with Gasteiger partial charge >= 0.3 is 5.97 Å². The largest absolute Gasteiger partial charge is 0.466 e. The Kier molecular flexibility index (Phi) is 12.4. The van der Waals surface area contributed by atoms with Gasteiger partial charge in [-0.05, 0) is 6.42 Å². The lowest BCUT2D eigenvalue weighted by molar-refractivity contribution is -0.146. The van der Waals surface area contributed by atoms with Crippen LogP contribution in [-0.4, -0.2) is 35.5 Å². The van der Waals surface area contributed by atoms with E-state index in [9.17, 15) is 9.90 Å². The average Bonchev–Trinajstić information content (AvgIpc) is 2.34. The van der Waals surface area contributed by atoms with Crippen molar-refractivity contribution in [2.45, 2.75) is 70.8 Å². The smallest absolute Gasteiger partial charge is 0.308 e. The Bertz CT molecular complexity index is 194. The molecular weight excluding hydrogens is 232 g/mol. The Labute approximate surface area is 110 Å². The minimum Gasteiger partial charge on any atom is -0.466 e. The molecule has 0 amide bonds. The minimum absolute atomic E-state index is 0.0214. The van der Waals surface area contributed by atoms with Crippen molar-refractivity contribution in [3.8, 4) is 0 Å². The van der Waals surface area contributed by atoms with Gasteiger partial charge in [-0.2, -0.15) is 0 Å². The van der Waals surface area contributed by atoms with Crippen molar-refractivity contribution in [1.29, 1.82) is 0 Å². The molecule has 0 rings (SSSR count). The number of carbonyl (C=O) groups is 1. The van der Waals surface area contributed by atoms with E-state index < -0.39 is 6.10 Å². The highest BCUT2D eigenvalue weighted by Gasteiger charge is 2.11. The molecule has 4 nitrogen and oxygen atoms in total. The summed E-state index contributed by atoms with van der Waals surface area (Å²) in [5.41, 5.74) is 0. The van der Waals surface area contributed by atoms with Gasteiger partial charge in [0.25, 0.3) is 0 Å². The zero-order valence-electron chi connectivity index (χ0n) is 11.6. The van der Waals surface area contributed by atoms with E-state index in [4.69, 9.17) is 9.84 Å². The molecule has 0 spiro atoms. The second-order valence-corrected chi connectivity index (χ2v) is 4.71. The summed E-state index contributed by atoms with van der Waals surface area (Å²) in [5, 5.41) is 18.2. The third-order valence-corrected chi connectivity index (χ3v) is 2.86. The highest BCUT2D eigenvalue weighted by Crippen LogP contribution is 2.10. The molecule has 0 aromatic heterocycles. The van der Waals surface area contributed by atoms with Gasteiger partial charge in [0.05, 0.1) is 19.1 Å². The van der Waals surface area contributed by atoms with Crippen LogP contribution < -0.4 is 0 Å². The summed E-state index contributed by atoms with van der Waals surface area (Å²) in [7, 11) is 0. The number of hydrogen-bond acceptors (Lipinski definition) is 4. The molecule has 0 radical (unpaired) electrons. The minimum atomic E-state index is -0.585. The molecule has 0 aliphatic rings. The summed E-state index contributed by atoms with van der Waals surface area (Å²) in [5.74, 6) is -0.373. The van der Waals surface area contributed by atoms with Gasteiger partial charge in [0.1, 0.15) is 0 Å². The lowest BCUT2D eigenvalue weighted by Crippen LogP contribution is -2.16. The fourth-order valence-electron chi connectivity index (χ4n) is 1.76. The second-order valence-electron chi connectivity index (χ2n) is 4.71. The first-order chi connectivity index (χ1) is 8.70. The summed E-state index contributed by atoms with van der Waals surface area (Å²) in [6.45, 7) is 2.44. The third-order valence-electron chi connectivity index (χ3n) is 2.86. The Balaban J connectivity index is 3.35. The summed E-state index contributed by atoms with van der Waals surface area (Å²) < 4.78 is 4.85. The van der Waals surface area contributed by atoms with Gasteiger partial charge in [-0.15, -0.1) is 0 Å². The van der Waals surface area contributed by atoms with Crippen LogP contribution in [0.2, 0.25) is 0 Å². The van der Waals surface area contributed by atoms with Crippen molar-refractivity contribution in [3.63, 3.8) is 0 Å². The molecule has 0 aromatic carbocycles. The predicted molar refractivity (Wildman–Crippen MR) is 71.3 cm³/mol. The zero-order chi connectivity index (χ0) is 13.6. The standard InChI is InChI=1S/C14H28O4/c1-2-3-4-5-6-7-9-13(16)12-14(17)18-11-8-10-15/h13,15-16H,2-12H2,1H3. The molecule has 108 valence electrons. The number of hydrogen-bond donors (Lipinski definition) is 2. The quantitative estimate of drug-likeness (QED) is 0.418. The molecule has 0 fully saturated rings. The Hall–Kier alpha value is -0.610. The van der Waals surface area contributed by atoms with Crippen LogP contribution in [0.1, 0.15) is 64.7 Å². The first kappa shape index (κ1) is 17.4. The van der Waals surface area contributed by atoms with Gasteiger partial charge in [-0.1, -0.05) is 45.4 Å². The molecule has 0 bridgehead atoms. The average molecular weight is 260 g/mol.